The Kier molecular flexibility index (Phi) is 5.30. The Bertz CT molecular complexity index is 856. The van der Waals surface area contributed by atoms with Crippen LogP contribution in [-0.4, -0.2) is 24.8 Å². The van der Waals surface area contributed by atoms with Crippen LogP contribution in [0.1, 0.15) is 21.9 Å². The third-order valence-corrected chi connectivity index (χ3v) is 5.98. The first-order valence-corrected chi connectivity index (χ1v) is 9.81. The summed E-state index contributed by atoms with van der Waals surface area (Å²) in [6.07, 6.45) is 1.81. The van der Waals surface area contributed by atoms with Gasteiger partial charge < -0.3 is 4.74 Å². The maximum atomic E-state index is 5.73. The second-order valence-electron chi connectivity index (χ2n) is 6.62. The number of benzene rings is 2. The summed E-state index contributed by atoms with van der Waals surface area (Å²) in [6.45, 7) is 6.92. The maximum absolute atomic E-state index is 5.73. The molecule has 0 spiro atoms. The van der Waals surface area contributed by atoms with Crippen molar-refractivity contribution in [3.8, 4) is 10.4 Å². The van der Waals surface area contributed by atoms with E-state index in [1.807, 2.05) is 17.4 Å². The van der Waals surface area contributed by atoms with Gasteiger partial charge in [0.25, 0.3) is 0 Å². The Morgan fingerprint density at radius 1 is 1.08 bits per heavy atom. The van der Waals surface area contributed by atoms with Gasteiger partial charge >= 0.3 is 0 Å². The van der Waals surface area contributed by atoms with Gasteiger partial charge in [0.05, 0.1) is 13.3 Å². The number of fused-ring (bicyclic) bond motifs is 1. The fourth-order valence-electron chi connectivity index (χ4n) is 3.56. The minimum absolute atomic E-state index is 0.390. The second kappa shape index (κ2) is 8.00. The summed E-state index contributed by atoms with van der Waals surface area (Å²) in [5.74, 6) is 0.390. The lowest BCUT2D eigenvalue weighted by molar-refractivity contribution is 0.0334. The Balaban J connectivity index is 1.68. The molecule has 132 valence electrons. The molecule has 1 aliphatic heterocycles. The first kappa shape index (κ1) is 17.2. The van der Waals surface area contributed by atoms with Crippen LogP contribution in [0.25, 0.3) is 10.4 Å². The van der Waals surface area contributed by atoms with Crippen molar-refractivity contribution in [1.29, 1.82) is 0 Å². The Morgan fingerprint density at radius 3 is 2.54 bits per heavy atom. The lowest BCUT2D eigenvalue weighted by atomic mass is 9.88. The van der Waals surface area contributed by atoms with E-state index >= 15 is 0 Å². The van der Waals surface area contributed by atoms with E-state index in [0.717, 1.165) is 13.1 Å². The number of rotatable bonds is 6. The van der Waals surface area contributed by atoms with Gasteiger partial charge in [-0.05, 0) is 22.8 Å². The maximum Gasteiger partial charge on any atom is 0.0997 e. The van der Waals surface area contributed by atoms with Crippen LogP contribution in [-0.2, 0) is 11.3 Å². The molecule has 0 amide bonds. The quantitative estimate of drug-likeness (QED) is 0.423. The van der Waals surface area contributed by atoms with E-state index < -0.39 is 0 Å². The molecule has 2 heterocycles. The van der Waals surface area contributed by atoms with Crippen LogP contribution in [0.3, 0.4) is 0 Å². The van der Waals surface area contributed by atoms with E-state index in [1.54, 1.807) is 0 Å². The van der Waals surface area contributed by atoms with E-state index in [0.29, 0.717) is 19.3 Å². The summed E-state index contributed by atoms with van der Waals surface area (Å²) >= 11 is 1.91. The van der Waals surface area contributed by atoms with Crippen LogP contribution in [0.4, 0.5) is 0 Å². The van der Waals surface area contributed by atoms with Gasteiger partial charge in [-0.25, -0.2) is 0 Å². The van der Waals surface area contributed by atoms with Crippen molar-refractivity contribution in [2.24, 2.45) is 0 Å². The van der Waals surface area contributed by atoms with E-state index in [1.165, 1.54) is 26.4 Å². The SMILES string of the molecule is C=CCOCN1Cc2sc(-c3ccccc3)cc2[C@H](c2ccccc2)C1. The molecule has 1 atom stereocenters. The Hall–Kier alpha value is -2.20. The molecular weight excluding hydrogens is 338 g/mol. The number of nitrogens with zero attached hydrogens (tertiary/aromatic N) is 1. The minimum Gasteiger partial charge on any atom is -0.362 e. The molecule has 1 aliphatic rings. The third kappa shape index (κ3) is 3.65. The number of thiophene rings is 1. The van der Waals surface area contributed by atoms with Gasteiger partial charge in [0.1, 0.15) is 0 Å². The second-order valence-corrected chi connectivity index (χ2v) is 7.76. The molecule has 26 heavy (non-hydrogen) atoms. The normalized spacial score (nSPS) is 17.0. The van der Waals surface area contributed by atoms with Crippen molar-refractivity contribution in [1.82, 2.24) is 4.90 Å². The number of ether oxygens (including phenoxy) is 1. The monoisotopic (exact) mass is 361 g/mol. The molecule has 3 heteroatoms. The minimum atomic E-state index is 0.390. The van der Waals surface area contributed by atoms with Crippen LogP contribution in [0.15, 0.2) is 79.4 Å². The van der Waals surface area contributed by atoms with Crippen molar-refractivity contribution in [3.05, 3.63) is 95.4 Å². The summed E-state index contributed by atoms with van der Waals surface area (Å²) in [5.41, 5.74) is 4.15. The van der Waals surface area contributed by atoms with Gasteiger partial charge in [0, 0.05) is 28.8 Å². The van der Waals surface area contributed by atoms with Crippen molar-refractivity contribution < 1.29 is 4.74 Å². The van der Waals surface area contributed by atoms with Gasteiger partial charge in [-0.2, -0.15) is 0 Å². The van der Waals surface area contributed by atoms with Crippen LogP contribution in [0, 0.1) is 0 Å². The van der Waals surface area contributed by atoms with Crippen molar-refractivity contribution in [2.75, 3.05) is 19.9 Å². The van der Waals surface area contributed by atoms with Gasteiger partial charge in [0.2, 0.25) is 0 Å². The Morgan fingerprint density at radius 2 is 1.81 bits per heavy atom. The summed E-state index contributed by atoms with van der Waals surface area (Å²) in [4.78, 5) is 5.20. The smallest absolute Gasteiger partial charge is 0.0997 e. The molecule has 3 aromatic rings. The molecule has 0 N–H and O–H groups in total. The van der Waals surface area contributed by atoms with Crippen LogP contribution < -0.4 is 0 Å². The number of hydrogen-bond donors (Lipinski definition) is 0. The molecule has 4 rings (SSSR count). The molecule has 0 saturated heterocycles. The zero-order valence-corrected chi connectivity index (χ0v) is 15.6. The molecule has 2 nitrogen and oxygen atoms in total. The highest BCUT2D eigenvalue weighted by Gasteiger charge is 2.29. The summed E-state index contributed by atoms with van der Waals surface area (Å²) in [7, 11) is 0. The van der Waals surface area contributed by atoms with Crippen molar-refractivity contribution in [2.45, 2.75) is 12.5 Å². The van der Waals surface area contributed by atoms with Gasteiger partial charge in [-0.1, -0.05) is 66.7 Å². The van der Waals surface area contributed by atoms with E-state index in [2.05, 4.69) is 78.2 Å². The molecule has 0 fully saturated rings. The highest BCUT2D eigenvalue weighted by molar-refractivity contribution is 7.15. The van der Waals surface area contributed by atoms with Crippen molar-refractivity contribution in [3.63, 3.8) is 0 Å². The molecular formula is C23H23NOS. The zero-order valence-electron chi connectivity index (χ0n) is 14.8. The van der Waals surface area contributed by atoms with Crippen LogP contribution in [0.5, 0.6) is 0 Å². The first-order valence-electron chi connectivity index (χ1n) is 8.99. The largest absolute Gasteiger partial charge is 0.362 e. The fraction of sp³-hybridized carbons (Fsp3) is 0.217. The molecule has 0 aliphatic carbocycles. The summed E-state index contributed by atoms with van der Waals surface area (Å²) < 4.78 is 5.73. The van der Waals surface area contributed by atoms with E-state index in [-0.39, 0.29) is 0 Å². The highest BCUT2D eigenvalue weighted by atomic mass is 32.1. The van der Waals surface area contributed by atoms with Crippen molar-refractivity contribution >= 4 is 11.3 Å². The predicted octanol–water partition coefficient (Wildman–Crippen LogP) is 5.52. The highest BCUT2D eigenvalue weighted by Crippen LogP contribution is 2.41. The van der Waals surface area contributed by atoms with Gasteiger partial charge in [-0.3, -0.25) is 4.90 Å². The van der Waals surface area contributed by atoms with Gasteiger partial charge in [-0.15, -0.1) is 17.9 Å². The third-order valence-electron chi connectivity index (χ3n) is 4.79. The molecule has 0 bridgehead atoms. The summed E-state index contributed by atoms with van der Waals surface area (Å²) in [5, 5.41) is 0. The van der Waals surface area contributed by atoms with Gasteiger partial charge in [0.15, 0.2) is 0 Å². The number of hydrogen-bond acceptors (Lipinski definition) is 3. The lowest BCUT2D eigenvalue weighted by Crippen LogP contribution is -2.34. The zero-order chi connectivity index (χ0) is 17.8. The molecule has 2 aromatic carbocycles. The van der Waals surface area contributed by atoms with E-state index in [4.69, 9.17) is 4.74 Å². The topological polar surface area (TPSA) is 12.5 Å². The molecule has 0 radical (unpaired) electrons. The van der Waals surface area contributed by atoms with Crippen LogP contribution in [0.2, 0.25) is 0 Å². The lowest BCUT2D eigenvalue weighted by Gasteiger charge is -2.32. The summed E-state index contributed by atoms with van der Waals surface area (Å²) in [6, 6.07) is 23.9. The predicted molar refractivity (Wildman–Crippen MR) is 109 cm³/mol. The molecule has 0 unspecified atom stereocenters. The molecule has 0 saturated carbocycles. The first-order chi connectivity index (χ1) is 12.8. The average Bonchev–Trinajstić information content (AvgIpc) is 3.13. The fourth-order valence-corrected chi connectivity index (χ4v) is 4.84. The molecule has 1 aromatic heterocycles. The Labute approximate surface area is 159 Å². The average molecular weight is 362 g/mol. The standard InChI is InChI=1S/C23H23NOS/c1-2-13-25-17-24-15-21(18-9-5-3-6-10-18)20-14-22(26-23(20)16-24)19-11-7-4-8-12-19/h2-12,14,21H,1,13,15-17H2/t21-/m0/s1. The van der Waals surface area contributed by atoms with E-state index in [9.17, 15) is 0 Å². The van der Waals surface area contributed by atoms with Crippen LogP contribution >= 0.6 is 11.3 Å².